The summed E-state index contributed by atoms with van der Waals surface area (Å²) in [6.45, 7) is 6.66. The van der Waals surface area contributed by atoms with Gasteiger partial charge < -0.3 is 9.84 Å². The first kappa shape index (κ1) is 24.4. The number of aliphatic hydroxyl groups excluding tert-OH is 1. The molecule has 0 radical (unpaired) electrons. The van der Waals surface area contributed by atoms with Crippen molar-refractivity contribution in [3.63, 3.8) is 0 Å². The van der Waals surface area contributed by atoms with Crippen LogP contribution in [0.25, 0.3) is 10.9 Å². The predicted molar refractivity (Wildman–Crippen MR) is 115 cm³/mol. The molecule has 1 N–H and O–H groups in total. The third kappa shape index (κ3) is 5.55. The third-order valence-corrected chi connectivity index (χ3v) is 7.69. The average Bonchev–Trinajstić information content (AvgIpc) is 3.11. The monoisotopic (exact) mass is 471 g/mol. The second-order valence-corrected chi connectivity index (χ2v) is 15.2. The lowest BCUT2D eigenvalue weighted by Crippen LogP contribution is -2.35. The maximum atomic E-state index is 13.1. The van der Waals surface area contributed by atoms with Crippen LogP contribution in [-0.4, -0.2) is 47.4 Å². The van der Waals surface area contributed by atoms with Crippen LogP contribution in [-0.2, 0) is 22.3 Å². The Hall–Kier alpha value is -2.27. The number of alkyl halides is 3. The molecule has 0 aliphatic heterocycles. The molecular formula is C21H28F3N3O4Si. The Morgan fingerprint density at radius 1 is 1.25 bits per heavy atom. The van der Waals surface area contributed by atoms with Gasteiger partial charge in [0.15, 0.2) is 0 Å². The minimum absolute atomic E-state index is 0.0162. The van der Waals surface area contributed by atoms with Gasteiger partial charge >= 0.3 is 12.1 Å². The molecule has 176 valence electrons. The number of hydrogen-bond donors (Lipinski definition) is 1. The summed E-state index contributed by atoms with van der Waals surface area (Å²) < 4.78 is 45.7. The van der Waals surface area contributed by atoms with Gasteiger partial charge in [-0.1, -0.05) is 24.9 Å². The van der Waals surface area contributed by atoms with Crippen molar-refractivity contribution in [3.05, 3.63) is 34.1 Å². The molecule has 1 fully saturated rings. The summed E-state index contributed by atoms with van der Waals surface area (Å²) in [6.07, 6.45) is -3.43. The lowest BCUT2D eigenvalue weighted by Gasteiger charge is -2.23. The summed E-state index contributed by atoms with van der Waals surface area (Å²) in [5.41, 5.74) is -1.56. The molecule has 0 bridgehead atoms. The molecule has 1 aromatic heterocycles. The first-order chi connectivity index (χ1) is 14.9. The van der Waals surface area contributed by atoms with Crippen LogP contribution in [0.5, 0.6) is 0 Å². The summed E-state index contributed by atoms with van der Waals surface area (Å²) in [5.74, 6) is -1.64. The van der Waals surface area contributed by atoms with Crippen molar-refractivity contribution in [2.24, 2.45) is 17.8 Å². The SMILES string of the molecule is C[Si](C)(C)CCOC(=O)[C@@H]1[C@@H](CO)CC[C@H]1Cn1nnc2ccc(C(F)(F)F)cc2c1=O. The molecule has 0 amide bonds. The summed E-state index contributed by atoms with van der Waals surface area (Å²) in [4.78, 5) is 25.6. The van der Waals surface area contributed by atoms with Crippen molar-refractivity contribution in [1.82, 2.24) is 15.0 Å². The van der Waals surface area contributed by atoms with Gasteiger partial charge in [-0.2, -0.15) is 13.2 Å². The average molecular weight is 472 g/mol. The van der Waals surface area contributed by atoms with E-state index in [2.05, 4.69) is 30.0 Å². The van der Waals surface area contributed by atoms with E-state index < -0.39 is 37.3 Å². The number of fused-ring (bicyclic) bond motifs is 1. The van der Waals surface area contributed by atoms with Crippen LogP contribution in [0.1, 0.15) is 18.4 Å². The van der Waals surface area contributed by atoms with Gasteiger partial charge in [-0.05, 0) is 48.9 Å². The van der Waals surface area contributed by atoms with E-state index >= 15 is 0 Å². The smallest absolute Gasteiger partial charge is 0.416 e. The Morgan fingerprint density at radius 3 is 2.56 bits per heavy atom. The number of aromatic nitrogens is 3. The number of carbonyl (C=O) groups is 1. The fourth-order valence-electron chi connectivity index (χ4n) is 4.12. The Balaban J connectivity index is 1.83. The van der Waals surface area contributed by atoms with E-state index in [1.807, 2.05) is 0 Å². The van der Waals surface area contributed by atoms with Gasteiger partial charge in [-0.3, -0.25) is 9.59 Å². The quantitative estimate of drug-likeness (QED) is 0.492. The summed E-state index contributed by atoms with van der Waals surface area (Å²) in [7, 11) is -1.39. The molecule has 7 nitrogen and oxygen atoms in total. The molecule has 3 atom stereocenters. The normalized spacial score (nSPS) is 21.8. The molecule has 0 saturated heterocycles. The number of esters is 1. The van der Waals surface area contributed by atoms with Gasteiger partial charge in [0.05, 0.1) is 30.0 Å². The van der Waals surface area contributed by atoms with Gasteiger partial charge in [0, 0.05) is 14.7 Å². The van der Waals surface area contributed by atoms with E-state index in [1.165, 1.54) is 0 Å². The molecule has 1 aromatic carbocycles. The highest BCUT2D eigenvalue weighted by Gasteiger charge is 2.42. The number of halogens is 3. The predicted octanol–water partition coefficient (Wildman–Crippen LogP) is 3.33. The van der Waals surface area contributed by atoms with E-state index in [4.69, 9.17) is 4.74 Å². The summed E-state index contributed by atoms with van der Waals surface area (Å²) in [5, 5.41) is 17.3. The van der Waals surface area contributed by atoms with E-state index in [9.17, 15) is 27.9 Å². The summed E-state index contributed by atoms with van der Waals surface area (Å²) >= 11 is 0. The maximum absolute atomic E-state index is 13.1. The van der Waals surface area contributed by atoms with Gasteiger partial charge in [0.2, 0.25) is 0 Å². The molecule has 1 heterocycles. The molecule has 0 spiro atoms. The van der Waals surface area contributed by atoms with Crippen molar-refractivity contribution in [1.29, 1.82) is 0 Å². The van der Waals surface area contributed by atoms with Crippen LogP contribution >= 0.6 is 0 Å². The van der Waals surface area contributed by atoms with Crippen LogP contribution in [0.15, 0.2) is 23.0 Å². The van der Waals surface area contributed by atoms with Crippen molar-refractivity contribution >= 4 is 24.9 Å². The van der Waals surface area contributed by atoms with Crippen molar-refractivity contribution in [2.75, 3.05) is 13.2 Å². The highest BCUT2D eigenvalue weighted by atomic mass is 28.3. The van der Waals surface area contributed by atoms with E-state index in [-0.39, 0.29) is 35.9 Å². The van der Waals surface area contributed by atoms with Gasteiger partial charge in [-0.25, -0.2) is 4.68 Å². The molecule has 3 rings (SSSR count). The van der Waals surface area contributed by atoms with Crippen LogP contribution in [0.3, 0.4) is 0 Å². The Kier molecular flexibility index (Phi) is 7.08. The second-order valence-electron chi connectivity index (χ2n) is 9.59. The summed E-state index contributed by atoms with van der Waals surface area (Å²) in [6, 6.07) is 3.57. The molecule has 0 unspecified atom stereocenters. The van der Waals surface area contributed by atoms with Crippen LogP contribution < -0.4 is 5.56 Å². The number of rotatable bonds is 7. The molecule has 32 heavy (non-hydrogen) atoms. The third-order valence-electron chi connectivity index (χ3n) is 5.98. The van der Waals surface area contributed by atoms with E-state index in [0.29, 0.717) is 19.4 Å². The van der Waals surface area contributed by atoms with Crippen molar-refractivity contribution in [2.45, 2.75) is 51.2 Å². The maximum Gasteiger partial charge on any atom is 0.416 e. The first-order valence-corrected chi connectivity index (χ1v) is 14.3. The molecule has 1 saturated carbocycles. The Labute approximate surface area is 184 Å². The van der Waals surface area contributed by atoms with E-state index in [1.54, 1.807) is 0 Å². The topological polar surface area (TPSA) is 94.3 Å². The Bertz CT molecular complexity index is 1040. The highest BCUT2D eigenvalue weighted by molar-refractivity contribution is 6.76. The van der Waals surface area contributed by atoms with Gasteiger partial charge in [-0.15, -0.1) is 5.10 Å². The number of ether oxygens (including phenoxy) is 1. The number of nitrogens with zero attached hydrogens (tertiary/aromatic N) is 3. The van der Waals surface area contributed by atoms with Crippen molar-refractivity contribution in [3.8, 4) is 0 Å². The number of aliphatic hydroxyl groups is 1. The molecule has 2 aromatic rings. The minimum Gasteiger partial charge on any atom is -0.466 e. The van der Waals surface area contributed by atoms with Crippen LogP contribution in [0.2, 0.25) is 25.7 Å². The van der Waals surface area contributed by atoms with Crippen LogP contribution in [0, 0.1) is 17.8 Å². The fraction of sp³-hybridized carbons (Fsp3) is 0.619. The largest absolute Gasteiger partial charge is 0.466 e. The fourth-order valence-corrected chi connectivity index (χ4v) is 4.83. The van der Waals surface area contributed by atoms with Gasteiger partial charge in [0.25, 0.3) is 5.56 Å². The number of benzene rings is 1. The molecule has 11 heteroatoms. The lowest BCUT2D eigenvalue weighted by atomic mass is 9.89. The van der Waals surface area contributed by atoms with Crippen molar-refractivity contribution < 1.29 is 27.8 Å². The molecule has 1 aliphatic carbocycles. The minimum atomic E-state index is -4.58. The van der Waals surface area contributed by atoms with Gasteiger partial charge in [0.1, 0.15) is 5.52 Å². The zero-order chi connectivity index (χ0) is 23.7. The first-order valence-electron chi connectivity index (χ1n) is 10.6. The number of carbonyl (C=O) groups excluding carboxylic acids is 1. The van der Waals surface area contributed by atoms with Crippen LogP contribution in [0.4, 0.5) is 13.2 Å². The zero-order valence-electron chi connectivity index (χ0n) is 18.4. The highest BCUT2D eigenvalue weighted by Crippen LogP contribution is 2.38. The standard InChI is InChI=1S/C21H28F3N3O4Si/c1-32(2,3)9-8-31-20(30)18-13(4-5-14(18)12-28)11-27-19(29)16-10-15(21(22,23)24)6-7-17(16)25-26-27/h6-7,10,13-14,18,28H,4-5,8-9,11-12H2,1-3H3/t13-,14+,18-/m0/s1. The molecule has 1 aliphatic rings. The number of hydrogen-bond acceptors (Lipinski definition) is 6. The Morgan fingerprint density at radius 2 is 1.94 bits per heavy atom. The zero-order valence-corrected chi connectivity index (χ0v) is 19.4. The second kappa shape index (κ2) is 9.30. The van der Waals surface area contributed by atoms with E-state index in [0.717, 1.165) is 28.9 Å². The molecular weight excluding hydrogens is 443 g/mol. The lowest BCUT2D eigenvalue weighted by molar-refractivity contribution is -0.151.